The highest BCUT2D eigenvalue weighted by Gasteiger charge is 2.29. The average Bonchev–Trinajstić information content (AvgIpc) is 3.10. The highest BCUT2D eigenvalue weighted by Crippen LogP contribution is 2.29. The average molecular weight is 451 g/mol. The highest BCUT2D eigenvalue weighted by molar-refractivity contribution is 7.99. The van der Waals surface area contributed by atoms with Gasteiger partial charge in [0.1, 0.15) is 6.54 Å². The van der Waals surface area contributed by atoms with Crippen molar-refractivity contribution < 1.29 is 18.4 Å². The highest BCUT2D eigenvalue weighted by atomic mass is 32.2. The number of hydrogen-bond donors (Lipinski definition) is 1. The van der Waals surface area contributed by atoms with Crippen molar-refractivity contribution in [3.63, 3.8) is 0 Å². The number of likely N-dealkylation sites (tertiary alicyclic amines) is 1. The number of amides is 2. The fourth-order valence-electron chi connectivity index (χ4n) is 4.64. The van der Waals surface area contributed by atoms with Crippen LogP contribution in [0.2, 0.25) is 0 Å². The Balaban J connectivity index is 1.33. The van der Waals surface area contributed by atoms with Gasteiger partial charge in [0.2, 0.25) is 11.8 Å². The van der Waals surface area contributed by atoms with E-state index in [9.17, 15) is 18.4 Å². The molecule has 1 N–H and O–H groups in total. The number of benzene rings is 1. The summed E-state index contributed by atoms with van der Waals surface area (Å²) in [5.41, 5.74) is 1.25. The zero-order chi connectivity index (χ0) is 21.8. The minimum Gasteiger partial charge on any atom is -0.352 e. The maximum atomic E-state index is 13.0. The van der Waals surface area contributed by atoms with Gasteiger partial charge in [0.25, 0.3) is 5.76 Å². The van der Waals surface area contributed by atoms with Crippen LogP contribution in [0.5, 0.6) is 0 Å². The Morgan fingerprint density at radius 3 is 2.52 bits per heavy atom. The number of nitrogens with one attached hydrogen (secondary N) is 1. The number of nitrogens with zero attached hydrogens (tertiary/aromatic N) is 3. The van der Waals surface area contributed by atoms with E-state index in [1.165, 1.54) is 6.42 Å². The molecule has 6 nitrogen and oxygen atoms in total. The molecule has 1 aliphatic carbocycles. The Morgan fingerprint density at radius 1 is 1.10 bits per heavy atom. The Hall–Kier alpha value is -2.16. The number of carbonyl (C=O) groups is 2. The molecule has 2 heterocycles. The van der Waals surface area contributed by atoms with Gasteiger partial charge < -0.3 is 14.8 Å². The van der Waals surface area contributed by atoms with Crippen molar-refractivity contribution in [2.75, 3.05) is 13.1 Å². The number of halogens is 2. The maximum Gasteiger partial charge on any atom is 0.291 e. The second-order valence-electron chi connectivity index (χ2n) is 8.35. The van der Waals surface area contributed by atoms with E-state index in [1.807, 2.05) is 4.90 Å². The monoisotopic (exact) mass is 450 g/mol. The SMILES string of the molecule is O=C(Cn1c(SC(F)F)nc2ccccc21)NC1CCN(C(=O)C2CCCCC2)CC1. The molecule has 0 radical (unpaired) electrons. The first kappa shape index (κ1) is 22.0. The molecule has 4 rings (SSSR count). The second kappa shape index (κ2) is 9.97. The van der Waals surface area contributed by atoms with Crippen LogP contribution in [0.25, 0.3) is 11.0 Å². The lowest BCUT2D eigenvalue weighted by Gasteiger charge is -2.35. The number of carbonyl (C=O) groups excluding carboxylic acids is 2. The number of piperidine rings is 1. The fourth-order valence-corrected chi connectivity index (χ4v) is 5.25. The van der Waals surface area contributed by atoms with Gasteiger partial charge in [-0.05, 0) is 49.6 Å². The molecular weight excluding hydrogens is 422 g/mol. The molecule has 1 aliphatic heterocycles. The van der Waals surface area contributed by atoms with E-state index >= 15 is 0 Å². The summed E-state index contributed by atoms with van der Waals surface area (Å²) in [6.07, 6.45) is 6.92. The molecule has 1 aromatic heterocycles. The van der Waals surface area contributed by atoms with E-state index in [2.05, 4.69) is 10.3 Å². The van der Waals surface area contributed by atoms with Crippen LogP contribution in [0.1, 0.15) is 44.9 Å². The topological polar surface area (TPSA) is 67.2 Å². The van der Waals surface area contributed by atoms with E-state index in [0.29, 0.717) is 48.7 Å². The van der Waals surface area contributed by atoms with E-state index in [-0.39, 0.29) is 35.5 Å². The van der Waals surface area contributed by atoms with Crippen LogP contribution in [0.4, 0.5) is 8.78 Å². The zero-order valence-electron chi connectivity index (χ0n) is 17.4. The van der Waals surface area contributed by atoms with E-state index < -0.39 is 5.76 Å². The fraction of sp³-hybridized carbons (Fsp3) is 0.591. The van der Waals surface area contributed by atoms with Crippen LogP contribution in [-0.2, 0) is 16.1 Å². The van der Waals surface area contributed by atoms with Gasteiger partial charge in [-0.3, -0.25) is 9.59 Å². The summed E-state index contributed by atoms with van der Waals surface area (Å²) in [7, 11) is 0. The Morgan fingerprint density at radius 2 is 1.81 bits per heavy atom. The molecular formula is C22H28F2N4O2S. The molecule has 31 heavy (non-hydrogen) atoms. The number of para-hydroxylation sites is 2. The van der Waals surface area contributed by atoms with Gasteiger partial charge in [-0.2, -0.15) is 8.78 Å². The van der Waals surface area contributed by atoms with Gasteiger partial charge in [-0.25, -0.2) is 4.98 Å². The first-order valence-corrected chi connectivity index (χ1v) is 11.9. The lowest BCUT2D eigenvalue weighted by atomic mass is 9.87. The number of aromatic nitrogens is 2. The van der Waals surface area contributed by atoms with Crippen LogP contribution >= 0.6 is 11.8 Å². The number of thioether (sulfide) groups is 1. The zero-order valence-corrected chi connectivity index (χ0v) is 18.3. The molecule has 2 amide bonds. The summed E-state index contributed by atoms with van der Waals surface area (Å²) in [6.45, 7) is 1.25. The normalized spacial score (nSPS) is 18.6. The van der Waals surface area contributed by atoms with Crippen molar-refractivity contribution in [2.24, 2.45) is 5.92 Å². The molecule has 2 fully saturated rings. The van der Waals surface area contributed by atoms with Crippen molar-refractivity contribution in [1.82, 2.24) is 19.8 Å². The van der Waals surface area contributed by atoms with Crippen LogP contribution in [0, 0.1) is 5.92 Å². The Kier molecular flexibility index (Phi) is 7.09. The number of rotatable bonds is 6. The van der Waals surface area contributed by atoms with Crippen LogP contribution < -0.4 is 5.32 Å². The quantitative estimate of drug-likeness (QED) is 0.675. The van der Waals surface area contributed by atoms with Crippen molar-refractivity contribution in [2.45, 2.75) is 68.4 Å². The number of fused-ring (bicyclic) bond motifs is 1. The first-order valence-electron chi connectivity index (χ1n) is 11.0. The second-order valence-corrected chi connectivity index (χ2v) is 9.31. The molecule has 9 heteroatoms. The smallest absolute Gasteiger partial charge is 0.291 e. The lowest BCUT2D eigenvalue weighted by Crippen LogP contribution is -2.48. The summed E-state index contributed by atoms with van der Waals surface area (Å²) in [4.78, 5) is 31.6. The third kappa shape index (κ3) is 5.37. The molecule has 0 spiro atoms. The van der Waals surface area contributed by atoms with Crippen LogP contribution in [0.3, 0.4) is 0 Å². The summed E-state index contributed by atoms with van der Waals surface area (Å²) < 4.78 is 27.4. The van der Waals surface area contributed by atoms with Gasteiger partial charge in [-0.15, -0.1) is 0 Å². The standard InChI is InChI=1S/C22H28F2N4O2S/c23-21(24)31-22-26-17-8-4-5-9-18(17)28(22)14-19(29)25-16-10-12-27(13-11-16)20(30)15-6-2-1-3-7-15/h4-5,8-9,15-16,21H,1-3,6-7,10-14H2,(H,25,29). The molecule has 0 bridgehead atoms. The third-order valence-electron chi connectivity index (χ3n) is 6.24. The van der Waals surface area contributed by atoms with Crippen LogP contribution in [0.15, 0.2) is 29.4 Å². The maximum absolute atomic E-state index is 13.0. The van der Waals surface area contributed by atoms with Crippen molar-refractivity contribution in [3.8, 4) is 0 Å². The predicted octanol–water partition coefficient (Wildman–Crippen LogP) is 4.04. The number of imidazole rings is 1. The molecule has 2 aliphatic rings. The summed E-state index contributed by atoms with van der Waals surface area (Å²) in [5, 5.41) is 3.16. The molecule has 1 saturated heterocycles. The van der Waals surface area contributed by atoms with Gasteiger partial charge in [0.15, 0.2) is 5.16 Å². The largest absolute Gasteiger partial charge is 0.352 e. The van der Waals surface area contributed by atoms with E-state index in [4.69, 9.17) is 0 Å². The van der Waals surface area contributed by atoms with Crippen molar-refractivity contribution in [3.05, 3.63) is 24.3 Å². The van der Waals surface area contributed by atoms with Gasteiger partial charge >= 0.3 is 0 Å². The van der Waals surface area contributed by atoms with Gasteiger partial charge in [0.05, 0.1) is 11.0 Å². The molecule has 1 saturated carbocycles. The molecule has 168 valence electrons. The minimum atomic E-state index is -2.61. The predicted molar refractivity (Wildman–Crippen MR) is 116 cm³/mol. The molecule has 1 aromatic carbocycles. The molecule has 0 atom stereocenters. The third-order valence-corrected chi connectivity index (χ3v) is 6.94. The Labute approximate surface area is 184 Å². The van der Waals surface area contributed by atoms with Crippen molar-refractivity contribution >= 4 is 34.6 Å². The summed E-state index contributed by atoms with van der Waals surface area (Å²) >= 11 is 0.350. The molecule has 0 unspecified atom stereocenters. The van der Waals surface area contributed by atoms with Crippen LogP contribution in [-0.4, -0.2) is 51.2 Å². The Bertz CT molecular complexity index is 921. The van der Waals surface area contributed by atoms with Gasteiger partial charge in [0, 0.05) is 25.0 Å². The number of hydrogen-bond acceptors (Lipinski definition) is 4. The lowest BCUT2D eigenvalue weighted by molar-refractivity contribution is -0.137. The minimum absolute atomic E-state index is 0.0103. The van der Waals surface area contributed by atoms with Crippen molar-refractivity contribution in [1.29, 1.82) is 0 Å². The van der Waals surface area contributed by atoms with Gasteiger partial charge in [-0.1, -0.05) is 31.4 Å². The summed E-state index contributed by atoms with van der Waals surface area (Å²) in [5.74, 6) is -2.40. The molecule has 2 aromatic rings. The number of alkyl halides is 2. The van der Waals surface area contributed by atoms with E-state index in [1.54, 1.807) is 28.8 Å². The van der Waals surface area contributed by atoms with E-state index in [0.717, 1.165) is 25.7 Å². The summed E-state index contributed by atoms with van der Waals surface area (Å²) in [6, 6.07) is 7.11. The first-order chi connectivity index (χ1) is 15.0.